The third kappa shape index (κ3) is 25.1. The first kappa shape index (κ1) is 112. The molecule has 0 saturated carbocycles. The number of hydrogen-bond donors (Lipinski definition) is 2. The Labute approximate surface area is 822 Å². The van der Waals surface area contributed by atoms with Gasteiger partial charge in [0.1, 0.15) is 12.2 Å². The number of piperidine rings is 7. The Morgan fingerprint density at radius 1 is 0.379 bits per heavy atom. The second-order valence-corrected chi connectivity index (χ2v) is 54.7. The predicted molar refractivity (Wildman–Crippen MR) is 568 cm³/mol. The topological polar surface area (TPSA) is 49.1 Å². The molecule has 1 spiro atoms. The highest BCUT2D eigenvalue weighted by Gasteiger charge is 2.59. The number of nitrogens with one attached hydrogen (secondary N) is 2. The lowest BCUT2D eigenvalue weighted by atomic mass is 9.70. The summed E-state index contributed by atoms with van der Waals surface area (Å²) in [7, 11) is 7.36. The molecule has 17 heteroatoms. The fourth-order valence-corrected chi connectivity index (χ4v) is 30.5. The van der Waals surface area contributed by atoms with Crippen molar-refractivity contribution in [1.29, 1.82) is 0 Å². The zero-order valence-corrected chi connectivity index (χ0v) is 95.9. The van der Waals surface area contributed by atoms with Gasteiger partial charge in [-0.1, -0.05) is 55.4 Å². The zero-order chi connectivity index (χ0) is 97.9. The number of hydrogen-bond acceptors (Lipinski definition) is 7. The number of quaternary nitrogens is 8. The van der Waals surface area contributed by atoms with Crippen LogP contribution in [0.4, 0.5) is 5.82 Å². The molecule has 20 heterocycles. The van der Waals surface area contributed by atoms with Gasteiger partial charge >= 0.3 is 0 Å². The van der Waals surface area contributed by atoms with Crippen LogP contribution in [0.2, 0.25) is 0 Å². The average molecular weight is 1860 g/mol. The van der Waals surface area contributed by atoms with Crippen LogP contribution in [-0.4, -0.2) is 378 Å². The van der Waals surface area contributed by atoms with E-state index in [9.17, 15) is 0 Å². The lowest BCUT2D eigenvalue weighted by molar-refractivity contribution is -0.966. The quantitative estimate of drug-likeness (QED) is 0.112. The second-order valence-electron chi connectivity index (χ2n) is 54.7. The van der Waals surface area contributed by atoms with Crippen LogP contribution in [0.5, 0.6) is 0 Å². The van der Waals surface area contributed by atoms with Gasteiger partial charge in [-0.25, -0.2) is 0 Å². The van der Waals surface area contributed by atoms with Crippen LogP contribution >= 0.6 is 0 Å². The molecule has 20 rings (SSSR count). The molecule has 19 aliphatic heterocycles. The van der Waals surface area contributed by atoms with Crippen molar-refractivity contribution in [2.24, 2.45) is 52.3 Å². The van der Waals surface area contributed by atoms with E-state index in [0.717, 1.165) is 175 Å². The van der Waals surface area contributed by atoms with Gasteiger partial charge in [0.05, 0.1) is 225 Å². The van der Waals surface area contributed by atoms with Crippen molar-refractivity contribution >= 4 is 5.82 Å². The van der Waals surface area contributed by atoms with Crippen LogP contribution in [0.15, 0.2) is 6.20 Å². The molecule has 1 aromatic heterocycles. The summed E-state index contributed by atoms with van der Waals surface area (Å²) in [5, 5.41) is 7.38. The number of aromatic nitrogens is 2. The van der Waals surface area contributed by atoms with E-state index in [1.807, 2.05) is 0 Å². The Kier molecular flexibility index (Phi) is 39.2. The average Bonchev–Trinajstić information content (AvgIpc) is 1.57. The predicted octanol–water partition coefficient (Wildman–Crippen LogP) is 20.3. The van der Waals surface area contributed by atoms with E-state index >= 15 is 0 Å². The number of piperazine rings is 2. The normalized spacial score (nSPS) is 36.6. The summed E-state index contributed by atoms with van der Waals surface area (Å²) < 4.78 is 15.6. The van der Waals surface area contributed by atoms with Gasteiger partial charge in [0.15, 0.2) is 11.9 Å². The Balaban J connectivity index is 0.000000154. The summed E-state index contributed by atoms with van der Waals surface area (Å²) in [6.45, 7) is 124. The van der Waals surface area contributed by atoms with Gasteiger partial charge in [-0.15, -0.1) is 9.36 Å². The van der Waals surface area contributed by atoms with E-state index in [2.05, 4.69) is 321 Å². The molecular formula is C115H234N17+9. The van der Waals surface area contributed by atoms with Crippen LogP contribution in [-0.2, 0) is 6.54 Å². The molecule has 19 aliphatic rings. The molecule has 18 fully saturated rings. The van der Waals surface area contributed by atoms with Crippen molar-refractivity contribution in [2.45, 2.75) is 479 Å². The minimum atomic E-state index is 0.543. The number of anilines is 1. The van der Waals surface area contributed by atoms with Gasteiger partial charge in [-0.2, -0.15) is 0 Å². The van der Waals surface area contributed by atoms with E-state index in [1.54, 1.807) is 0 Å². The molecule has 11 unspecified atom stereocenters. The van der Waals surface area contributed by atoms with Crippen molar-refractivity contribution in [2.75, 3.05) is 203 Å². The van der Waals surface area contributed by atoms with Gasteiger partial charge in [0, 0.05) is 182 Å². The van der Waals surface area contributed by atoms with Crippen LogP contribution in [0.25, 0.3) is 0 Å². The Bertz CT molecular complexity index is 3480. The summed E-state index contributed by atoms with van der Waals surface area (Å²) in [6, 6.07) is 15.1. The summed E-state index contributed by atoms with van der Waals surface area (Å²) in [6.07, 6.45) is 24.7. The molecular weight excluding hydrogens is 1620 g/mol. The van der Waals surface area contributed by atoms with Crippen LogP contribution in [0, 0.1) is 52.3 Å². The molecule has 0 radical (unpaired) electrons. The van der Waals surface area contributed by atoms with Crippen molar-refractivity contribution in [3.63, 3.8) is 0 Å². The first-order valence-electron chi connectivity index (χ1n) is 57.8. The zero-order valence-electron chi connectivity index (χ0n) is 95.9. The molecule has 2 N–H and O–H groups in total. The Morgan fingerprint density at radius 3 is 1.31 bits per heavy atom. The van der Waals surface area contributed by atoms with E-state index in [1.165, 1.54) is 314 Å². The van der Waals surface area contributed by atoms with Crippen molar-refractivity contribution in [1.82, 2.24) is 34.5 Å². The number of rotatable bonds is 18. The van der Waals surface area contributed by atoms with Crippen LogP contribution in [0.3, 0.4) is 0 Å². The van der Waals surface area contributed by atoms with Gasteiger partial charge in [0.2, 0.25) is 6.20 Å². The number of likely N-dealkylation sites (tertiary alicyclic amines) is 6. The third-order valence-corrected chi connectivity index (χ3v) is 42.8. The third-order valence-electron chi connectivity index (χ3n) is 42.8. The number of nitrogens with zero attached hydrogens (tertiary/aromatic N) is 15. The van der Waals surface area contributed by atoms with Crippen molar-refractivity contribution < 1.29 is 40.5 Å². The van der Waals surface area contributed by atoms with Crippen molar-refractivity contribution in [3.05, 3.63) is 11.8 Å². The molecule has 17 nitrogen and oxygen atoms in total. The Morgan fingerprint density at radius 2 is 0.879 bits per heavy atom. The maximum absolute atomic E-state index is 3.91. The first-order valence-corrected chi connectivity index (χ1v) is 57.8. The van der Waals surface area contributed by atoms with Crippen LogP contribution < -0.4 is 15.3 Å². The summed E-state index contributed by atoms with van der Waals surface area (Å²) in [5.74, 6) is 8.54. The summed E-state index contributed by atoms with van der Waals surface area (Å²) in [4.78, 5) is 13.5. The van der Waals surface area contributed by atoms with E-state index in [4.69, 9.17) is 0 Å². The molecule has 0 aromatic carbocycles. The largest absolute Gasteiger partial charge is 0.365 e. The highest BCUT2D eigenvalue weighted by atomic mass is 15.5. The monoisotopic (exact) mass is 1850 g/mol. The first-order chi connectivity index (χ1) is 61.6. The van der Waals surface area contributed by atoms with Crippen LogP contribution in [0.1, 0.15) is 363 Å². The minimum Gasteiger partial charge on any atom is -0.365 e. The van der Waals surface area contributed by atoms with E-state index in [-0.39, 0.29) is 0 Å². The maximum Gasteiger partial charge on any atom is 0.201 e. The molecule has 18 saturated heterocycles. The SMILES string of the molecule is CC(C)C12CC[N+](C(C)C)(CC1)C2.CC(C)C1CC[N+]2(C(C)C)CCCC2N1.CC(C)C1C[N+]2(C(C)C)CCC1CC2.CC(C)N1CC2CC1C[N+]2(C)C(C)C.CC(C)N1CC2C[N+](C)(C(C)C)CC2C1.CC(C)N1CCC2(CC1)CC[N+](C)(C(C)C)CC2.CC(C)N1CC[N+]2(C(C)C)CCC1C2.CC(C)N1CC[N+]2(C(C)C)CCC1CC2.CC(C)c1c[n+](C(C)C)n2c1NCC2. The molecule has 0 aliphatic carbocycles. The molecule has 10 bridgehead atoms. The second kappa shape index (κ2) is 46.0. The molecule has 11 atom stereocenters. The lowest BCUT2D eigenvalue weighted by Gasteiger charge is -2.56. The van der Waals surface area contributed by atoms with E-state index < -0.39 is 0 Å². The summed E-state index contributed by atoms with van der Waals surface area (Å²) in [5.41, 5.74) is 2.87. The standard InChI is InChI=1S/C16H33N2.3C13H27N2.C13H26N.2C12H25N2.C12H24N.C11H19N3/c1-14(2)17-10-6-16(7-11-17)8-12-18(5,13-9-16)15(3)4;1-10(2)14-6-12-8-15(5,11(3)4)9-13(12)7-14;1-11(2)14-7-10-15(12(3)4)8-5-13(14)6-9-15;1-10(2)12-7-9-15(11(3)4)8-5-6-13(15)14-12;1-10(2)13-9-14(11(3)4)7-5-12(13)6-8-14;1-9(2)13-7-12-6-11(13)8-14(12,5)10(3)4;1-10(2)13-6-8-14(11(3)4)7-5-12(13)9-14;1-10(2)12-5-7-13(9-12,8-6-12)11(3)4;1-8(2)10-7-14(9(3)4)13-6-5-12-11(10)13/h14-15H,6-13H2,1-5H3;10-13H,6-9H2,1-5H3;11-13H,5-10H2,1-4H3;10-14H,5-9H2,1-4H3;10-13H,5-9H2,1-4H3;9-12H,6-8H2,1-5H3;10-12H,5-9H2,1-4H3;10-11H,5-9H2,1-4H3;7-9H,5-6H2,1-4H3/q8*+1;/p+1. The number of fused-ring (bicyclic) bond motifs is 16. The van der Waals surface area contributed by atoms with Gasteiger partial charge in [0.25, 0.3) is 0 Å². The molecule has 1 aromatic rings. The minimum absolute atomic E-state index is 0.543. The highest BCUT2D eigenvalue weighted by molar-refractivity contribution is 5.46. The smallest absolute Gasteiger partial charge is 0.201 e. The molecule has 770 valence electrons. The highest BCUT2D eigenvalue weighted by Crippen LogP contribution is 2.52. The fourth-order valence-electron chi connectivity index (χ4n) is 30.5. The Hall–Kier alpha value is -1.55. The van der Waals surface area contributed by atoms with E-state index in [0.29, 0.717) is 17.4 Å². The van der Waals surface area contributed by atoms with Crippen molar-refractivity contribution in [3.8, 4) is 0 Å². The number of likely N-dealkylation sites (N-methyl/N-ethyl adjacent to an activating group) is 1. The molecule has 0 amide bonds. The lowest BCUT2D eigenvalue weighted by Crippen LogP contribution is -2.68. The van der Waals surface area contributed by atoms with Gasteiger partial charge < -0.3 is 46.1 Å². The van der Waals surface area contributed by atoms with Gasteiger partial charge in [-0.3, -0.25) is 24.9 Å². The maximum atomic E-state index is 3.91. The summed E-state index contributed by atoms with van der Waals surface area (Å²) >= 11 is 0. The fraction of sp³-hybridized carbons (Fsp3) is 0.974. The van der Waals surface area contributed by atoms with Gasteiger partial charge in [-0.05, 0) is 255 Å². The molecule has 132 heavy (non-hydrogen) atoms.